The first-order chi connectivity index (χ1) is 16.8. The summed E-state index contributed by atoms with van der Waals surface area (Å²) in [5.74, 6) is -0.434. The molecule has 14 heteroatoms. The predicted octanol–water partition coefficient (Wildman–Crippen LogP) is 4.61. The first-order valence-electron chi connectivity index (χ1n) is 10.2. The number of rotatable bonds is 6. The number of amides is 1. The molecule has 1 amide bonds. The van der Waals surface area contributed by atoms with Crippen molar-refractivity contribution in [3.63, 3.8) is 0 Å². The highest BCUT2D eigenvalue weighted by Gasteiger charge is 2.35. The van der Waals surface area contributed by atoms with E-state index in [0.29, 0.717) is 5.02 Å². The number of fused-ring (bicyclic) bond motifs is 1. The monoisotopic (exact) mass is 589 g/mol. The van der Waals surface area contributed by atoms with E-state index in [0.717, 1.165) is 10.6 Å². The zero-order chi connectivity index (χ0) is 26.3. The Kier molecular flexibility index (Phi) is 7.31. The van der Waals surface area contributed by atoms with Crippen molar-refractivity contribution in [1.82, 2.24) is 0 Å². The fourth-order valence-corrected chi connectivity index (χ4v) is 6.08. The molecule has 0 saturated carbocycles. The Bertz CT molecular complexity index is 1530. The minimum Gasteiger partial charge on any atom is -0.476 e. The lowest BCUT2D eigenvalue weighted by atomic mass is 10.2. The van der Waals surface area contributed by atoms with Crippen molar-refractivity contribution in [3.8, 4) is 5.75 Å². The molecule has 1 aliphatic heterocycles. The van der Waals surface area contributed by atoms with Gasteiger partial charge in [-0.1, -0.05) is 34.8 Å². The number of ether oxygens (including phenoxy) is 1. The lowest BCUT2D eigenvalue weighted by molar-refractivity contribution is -0.122. The number of sulfonamides is 2. The Morgan fingerprint density at radius 1 is 0.889 bits per heavy atom. The molecule has 36 heavy (non-hydrogen) atoms. The zero-order valence-electron chi connectivity index (χ0n) is 18.4. The van der Waals surface area contributed by atoms with Gasteiger partial charge in [0.15, 0.2) is 6.10 Å². The quantitative estimate of drug-likeness (QED) is 0.432. The van der Waals surface area contributed by atoms with Crippen molar-refractivity contribution in [1.29, 1.82) is 0 Å². The number of carbonyl (C=O) groups excluding carboxylic acids is 1. The van der Waals surface area contributed by atoms with E-state index in [-0.39, 0.29) is 44.3 Å². The third-order valence-electron chi connectivity index (χ3n) is 5.03. The summed E-state index contributed by atoms with van der Waals surface area (Å²) in [4.78, 5) is 12.8. The molecule has 4 rings (SSSR count). The minimum absolute atomic E-state index is 0.0698. The molecule has 0 fully saturated rings. The summed E-state index contributed by atoms with van der Waals surface area (Å²) < 4.78 is 59.1. The fraction of sp³-hybridized carbons (Fsp3) is 0.136. The second kappa shape index (κ2) is 9.98. The molecule has 1 atom stereocenters. The van der Waals surface area contributed by atoms with E-state index in [1.54, 1.807) is 0 Å². The molecule has 3 aromatic rings. The molecule has 9 nitrogen and oxygen atoms in total. The smallest absolute Gasteiger partial charge is 0.267 e. The highest BCUT2D eigenvalue weighted by molar-refractivity contribution is 7.92. The zero-order valence-corrected chi connectivity index (χ0v) is 22.3. The maximum absolute atomic E-state index is 12.9. The van der Waals surface area contributed by atoms with Gasteiger partial charge in [0.1, 0.15) is 5.75 Å². The Labute approximate surface area is 223 Å². The molecule has 0 aromatic heterocycles. The first-order valence-corrected chi connectivity index (χ1v) is 14.6. The number of nitrogens with zero attached hydrogens (tertiary/aromatic N) is 1. The number of hydrogen-bond donors (Lipinski definition) is 2. The van der Waals surface area contributed by atoms with E-state index in [1.165, 1.54) is 60.7 Å². The van der Waals surface area contributed by atoms with Crippen molar-refractivity contribution in [2.75, 3.05) is 27.1 Å². The summed E-state index contributed by atoms with van der Waals surface area (Å²) in [5, 5.41) is 3.46. The number of anilines is 3. The van der Waals surface area contributed by atoms with Gasteiger partial charge in [0.05, 0.1) is 29.1 Å². The molecule has 3 aromatic carbocycles. The van der Waals surface area contributed by atoms with Crippen LogP contribution in [0.1, 0.15) is 0 Å². The van der Waals surface area contributed by atoms with Crippen LogP contribution >= 0.6 is 34.8 Å². The van der Waals surface area contributed by atoms with Gasteiger partial charge in [-0.15, -0.1) is 0 Å². The van der Waals surface area contributed by atoms with Gasteiger partial charge in [0, 0.05) is 20.8 Å². The van der Waals surface area contributed by atoms with Crippen molar-refractivity contribution in [3.05, 3.63) is 75.7 Å². The Hall–Kier alpha value is -2.70. The Morgan fingerprint density at radius 3 is 2.14 bits per heavy atom. The van der Waals surface area contributed by atoms with Gasteiger partial charge in [0.25, 0.3) is 15.9 Å². The summed E-state index contributed by atoms with van der Waals surface area (Å²) in [5.41, 5.74) is 0.703. The number of halogens is 3. The van der Waals surface area contributed by atoms with E-state index >= 15 is 0 Å². The number of hydrogen-bond acceptors (Lipinski definition) is 6. The van der Waals surface area contributed by atoms with Gasteiger partial charge < -0.3 is 10.1 Å². The van der Waals surface area contributed by atoms with Gasteiger partial charge in [-0.25, -0.2) is 16.8 Å². The standard InChI is InChI=1S/C22H18Cl3N3O6S2/c1-35(30,31)28-12-21(34-20-7-2-13(23)11-19(20)28)22(29)26-16-3-5-18(6-4-16)36(32,33)27-17-9-14(24)8-15(25)10-17/h2-11,21,27H,12H2,1H3,(H,26,29)/t21-/m0/s1. The van der Waals surface area contributed by atoms with Crippen LogP contribution in [0.4, 0.5) is 17.1 Å². The van der Waals surface area contributed by atoms with E-state index in [4.69, 9.17) is 39.5 Å². The lowest BCUT2D eigenvalue weighted by Gasteiger charge is -2.34. The van der Waals surface area contributed by atoms with Crippen LogP contribution in [0.5, 0.6) is 5.75 Å². The van der Waals surface area contributed by atoms with E-state index in [1.807, 2.05) is 0 Å². The van der Waals surface area contributed by atoms with Crippen molar-refractivity contribution < 1.29 is 26.4 Å². The molecule has 0 bridgehead atoms. The molecule has 0 radical (unpaired) electrons. The van der Waals surface area contributed by atoms with Crippen molar-refractivity contribution in [2.24, 2.45) is 0 Å². The van der Waals surface area contributed by atoms with Crippen molar-refractivity contribution in [2.45, 2.75) is 11.0 Å². The number of benzene rings is 3. The van der Waals surface area contributed by atoms with Gasteiger partial charge in [-0.2, -0.15) is 0 Å². The van der Waals surface area contributed by atoms with Gasteiger partial charge in [0.2, 0.25) is 10.0 Å². The average molecular weight is 591 g/mol. The SMILES string of the molecule is CS(=O)(=O)N1C[C@@H](C(=O)Nc2ccc(S(=O)(=O)Nc3cc(Cl)cc(Cl)c3)cc2)Oc2ccc(Cl)cc21. The highest BCUT2D eigenvalue weighted by Crippen LogP contribution is 2.37. The number of nitrogens with one attached hydrogen (secondary N) is 2. The summed E-state index contributed by atoms with van der Waals surface area (Å²) in [6.07, 6.45) is -0.145. The van der Waals surface area contributed by atoms with Crippen LogP contribution < -0.4 is 19.1 Å². The summed E-state index contributed by atoms with van der Waals surface area (Å²) in [6.45, 7) is -0.267. The molecule has 0 unspecified atom stereocenters. The van der Waals surface area contributed by atoms with Crippen LogP contribution in [-0.4, -0.2) is 41.6 Å². The Balaban J connectivity index is 1.49. The van der Waals surface area contributed by atoms with Crippen LogP contribution in [-0.2, 0) is 24.8 Å². The van der Waals surface area contributed by atoms with Gasteiger partial charge in [-0.05, 0) is 60.7 Å². The van der Waals surface area contributed by atoms with Crippen LogP contribution in [0.15, 0.2) is 65.6 Å². The third kappa shape index (κ3) is 5.98. The molecular formula is C22H18Cl3N3O6S2. The van der Waals surface area contributed by atoms with Gasteiger partial charge in [-0.3, -0.25) is 13.8 Å². The second-order valence-corrected chi connectivity index (χ2v) is 12.7. The summed E-state index contributed by atoms with van der Waals surface area (Å²) >= 11 is 17.8. The molecule has 190 valence electrons. The maximum atomic E-state index is 12.9. The molecule has 1 heterocycles. The fourth-order valence-electron chi connectivity index (χ4n) is 3.44. The summed E-state index contributed by atoms with van der Waals surface area (Å²) in [7, 11) is -7.69. The number of carbonyl (C=O) groups is 1. The molecule has 0 spiro atoms. The van der Waals surface area contributed by atoms with Crippen LogP contribution in [0.25, 0.3) is 0 Å². The summed E-state index contributed by atoms with van der Waals surface area (Å²) in [6, 6.07) is 14.1. The van der Waals surface area contributed by atoms with E-state index in [2.05, 4.69) is 10.0 Å². The second-order valence-electron chi connectivity index (χ2n) is 7.79. The average Bonchev–Trinajstić information content (AvgIpc) is 2.77. The van der Waals surface area contributed by atoms with Gasteiger partial charge >= 0.3 is 0 Å². The first kappa shape index (κ1) is 26.4. The normalized spacial score (nSPS) is 15.6. The predicted molar refractivity (Wildman–Crippen MR) is 140 cm³/mol. The molecule has 0 saturated heterocycles. The van der Waals surface area contributed by atoms with Crippen LogP contribution in [0.2, 0.25) is 15.1 Å². The van der Waals surface area contributed by atoms with Crippen molar-refractivity contribution >= 4 is 77.8 Å². The molecule has 0 aliphatic carbocycles. The largest absolute Gasteiger partial charge is 0.476 e. The third-order valence-corrected chi connectivity index (χ3v) is 8.25. The molecule has 1 aliphatic rings. The Morgan fingerprint density at radius 2 is 1.53 bits per heavy atom. The lowest BCUT2D eigenvalue weighted by Crippen LogP contribution is -2.48. The van der Waals surface area contributed by atoms with E-state index < -0.39 is 32.1 Å². The molecule has 2 N–H and O–H groups in total. The maximum Gasteiger partial charge on any atom is 0.267 e. The molecular weight excluding hydrogens is 573 g/mol. The van der Waals surface area contributed by atoms with Crippen LogP contribution in [0.3, 0.4) is 0 Å². The highest BCUT2D eigenvalue weighted by atomic mass is 35.5. The van der Waals surface area contributed by atoms with E-state index in [9.17, 15) is 21.6 Å². The minimum atomic E-state index is -3.96. The topological polar surface area (TPSA) is 122 Å². The van der Waals surface area contributed by atoms with Crippen LogP contribution in [0, 0.1) is 0 Å².